The van der Waals surface area contributed by atoms with Crippen LogP contribution in [-0.2, 0) is 10.8 Å². The highest BCUT2D eigenvalue weighted by atomic mass is 15.1. The lowest BCUT2D eigenvalue weighted by Crippen LogP contribution is -2.18. The molecule has 0 bridgehead atoms. The van der Waals surface area contributed by atoms with Gasteiger partial charge in [-0.05, 0) is 120 Å². The second-order valence-corrected chi connectivity index (χ2v) is 17.7. The highest BCUT2D eigenvalue weighted by Gasteiger charge is 2.39. The van der Waals surface area contributed by atoms with Gasteiger partial charge in [0, 0.05) is 27.8 Å². The topological polar surface area (TPSA) is 3.24 Å². The first-order valence-corrected chi connectivity index (χ1v) is 21.5. The van der Waals surface area contributed by atoms with Crippen LogP contribution in [0.15, 0.2) is 212 Å². The van der Waals surface area contributed by atoms with Gasteiger partial charge < -0.3 is 4.90 Å². The van der Waals surface area contributed by atoms with Gasteiger partial charge in [0.05, 0.1) is 5.69 Å². The largest absolute Gasteiger partial charge is 0.310 e. The van der Waals surface area contributed by atoms with Crippen molar-refractivity contribution in [2.75, 3.05) is 4.90 Å². The first kappa shape index (κ1) is 36.8. The van der Waals surface area contributed by atoms with Gasteiger partial charge in [0.2, 0.25) is 0 Å². The van der Waals surface area contributed by atoms with E-state index >= 15 is 0 Å². The minimum Gasteiger partial charge on any atom is -0.310 e. The summed E-state index contributed by atoms with van der Waals surface area (Å²) in [6.45, 7) is 9.51. The van der Waals surface area contributed by atoms with Crippen LogP contribution in [0.2, 0.25) is 0 Å². The fraction of sp³-hybridized carbons (Fsp3) is 0.100. The molecule has 0 amide bonds. The number of benzene rings is 9. The fourth-order valence-electron chi connectivity index (χ4n) is 10.5. The summed E-state index contributed by atoms with van der Waals surface area (Å²) in [6, 6.07) is 78.5. The molecule has 61 heavy (non-hydrogen) atoms. The van der Waals surface area contributed by atoms with Crippen LogP contribution in [0.1, 0.15) is 49.9 Å². The lowest BCUT2D eigenvalue weighted by Gasteiger charge is -2.31. The van der Waals surface area contributed by atoms with E-state index in [1.165, 1.54) is 89.0 Å². The lowest BCUT2D eigenvalue weighted by atomic mass is 9.78. The Hall–Kier alpha value is -7.22. The van der Waals surface area contributed by atoms with Crippen LogP contribution in [0, 0.1) is 0 Å². The van der Waals surface area contributed by atoms with Crippen LogP contribution in [0.4, 0.5) is 17.1 Å². The maximum atomic E-state index is 2.49. The highest BCUT2D eigenvalue weighted by Crippen LogP contribution is 2.55. The Labute approximate surface area is 360 Å². The molecule has 0 saturated carbocycles. The quantitative estimate of drug-likeness (QED) is 0.156. The summed E-state index contributed by atoms with van der Waals surface area (Å²) in [6.07, 6.45) is 0. The van der Waals surface area contributed by atoms with E-state index in [0.717, 1.165) is 17.1 Å². The number of fused-ring (bicyclic) bond motifs is 6. The van der Waals surface area contributed by atoms with Gasteiger partial charge in [-0.15, -0.1) is 0 Å². The summed E-state index contributed by atoms with van der Waals surface area (Å²) < 4.78 is 0. The molecule has 0 aliphatic heterocycles. The predicted octanol–water partition coefficient (Wildman–Crippen LogP) is 16.4. The Kier molecular flexibility index (Phi) is 8.58. The van der Waals surface area contributed by atoms with E-state index in [-0.39, 0.29) is 10.8 Å². The minimum atomic E-state index is -0.153. The maximum Gasteiger partial charge on any atom is 0.0540 e. The molecule has 1 nitrogen and oxygen atoms in total. The van der Waals surface area contributed by atoms with Crippen LogP contribution in [-0.4, -0.2) is 0 Å². The molecular formula is C60H47N. The van der Waals surface area contributed by atoms with E-state index < -0.39 is 0 Å². The van der Waals surface area contributed by atoms with Crippen LogP contribution >= 0.6 is 0 Å². The third kappa shape index (κ3) is 5.91. The zero-order valence-corrected chi connectivity index (χ0v) is 35.2. The van der Waals surface area contributed by atoms with Gasteiger partial charge in [-0.1, -0.05) is 204 Å². The third-order valence-corrected chi connectivity index (χ3v) is 13.5. The van der Waals surface area contributed by atoms with Crippen molar-refractivity contribution >= 4 is 17.1 Å². The van der Waals surface area contributed by atoms with Crippen molar-refractivity contribution in [3.8, 4) is 66.8 Å². The normalized spacial score (nSPS) is 13.8. The van der Waals surface area contributed by atoms with E-state index in [4.69, 9.17) is 0 Å². The average Bonchev–Trinajstić information content (AvgIpc) is 3.69. The minimum absolute atomic E-state index is 0.130. The molecule has 0 spiro atoms. The molecule has 0 aromatic heterocycles. The molecule has 0 saturated heterocycles. The Bertz CT molecular complexity index is 3120. The van der Waals surface area contributed by atoms with Gasteiger partial charge >= 0.3 is 0 Å². The van der Waals surface area contributed by atoms with Gasteiger partial charge in [0.1, 0.15) is 0 Å². The monoisotopic (exact) mass is 781 g/mol. The van der Waals surface area contributed by atoms with Crippen LogP contribution in [0.5, 0.6) is 0 Å². The Morgan fingerprint density at radius 2 is 0.754 bits per heavy atom. The summed E-state index contributed by atoms with van der Waals surface area (Å²) in [4.78, 5) is 2.49. The molecule has 0 atom stereocenters. The zero-order valence-electron chi connectivity index (χ0n) is 35.2. The number of rotatable bonds is 7. The van der Waals surface area contributed by atoms with Crippen molar-refractivity contribution in [2.45, 2.75) is 38.5 Å². The third-order valence-electron chi connectivity index (χ3n) is 13.5. The molecule has 0 unspecified atom stereocenters. The van der Waals surface area contributed by atoms with E-state index in [9.17, 15) is 0 Å². The van der Waals surface area contributed by atoms with E-state index in [1.807, 2.05) is 0 Å². The number of hydrogen-bond donors (Lipinski definition) is 0. The molecule has 0 radical (unpaired) electrons. The molecule has 292 valence electrons. The van der Waals surface area contributed by atoms with Crippen molar-refractivity contribution in [1.82, 2.24) is 0 Å². The van der Waals surface area contributed by atoms with Gasteiger partial charge in [0.15, 0.2) is 0 Å². The molecule has 9 aromatic carbocycles. The van der Waals surface area contributed by atoms with Crippen molar-refractivity contribution in [3.63, 3.8) is 0 Å². The molecule has 2 aliphatic rings. The van der Waals surface area contributed by atoms with E-state index in [1.54, 1.807) is 0 Å². The summed E-state index contributed by atoms with van der Waals surface area (Å²) in [7, 11) is 0. The number of para-hydroxylation sites is 1. The van der Waals surface area contributed by atoms with Crippen molar-refractivity contribution in [1.29, 1.82) is 0 Å². The average molecular weight is 782 g/mol. The summed E-state index contributed by atoms with van der Waals surface area (Å²) >= 11 is 0. The van der Waals surface area contributed by atoms with E-state index in [0.29, 0.717) is 0 Å². The van der Waals surface area contributed by atoms with Crippen molar-refractivity contribution in [3.05, 3.63) is 235 Å². The van der Waals surface area contributed by atoms with E-state index in [2.05, 4.69) is 245 Å². The molecular weight excluding hydrogens is 735 g/mol. The summed E-state index contributed by atoms with van der Waals surface area (Å²) in [5.74, 6) is 0. The standard InChI is InChI=1S/C60H47N/c1-59(2)54-27-14-11-22-47(54)49-37-35-45(39-56(49)59)61(57-29-16-13-24-50(57)52-26-17-25-51-48-23-12-15-28-55(48)60(3,4)58(51)52)44-33-30-40(31-34-44)43-32-36-46(41-18-7-5-8-19-41)53(38-43)42-20-9-6-10-21-42/h5-39H,1-4H3. The molecule has 0 fully saturated rings. The van der Waals surface area contributed by atoms with Crippen LogP contribution in [0.25, 0.3) is 66.8 Å². The maximum absolute atomic E-state index is 2.49. The zero-order chi connectivity index (χ0) is 41.3. The molecule has 2 aliphatic carbocycles. The first-order chi connectivity index (χ1) is 29.8. The van der Waals surface area contributed by atoms with Gasteiger partial charge in [-0.2, -0.15) is 0 Å². The molecule has 1 heteroatoms. The molecule has 11 rings (SSSR count). The van der Waals surface area contributed by atoms with Gasteiger partial charge in [-0.25, -0.2) is 0 Å². The Morgan fingerprint density at radius 3 is 1.44 bits per heavy atom. The summed E-state index contributed by atoms with van der Waals surface area (Å²) in [5, 5.41) is 0. The Balaban J connectivity index is 1.07. The first-order valence-electron chi connectivity index (χ1n) is 21.5. The van der Waals surface area contributed by atoms with Gasteiger partial charge in [0.25, 0.3) is 0 Å². The predicted molar refractivity (Wildman–Crippen MR) is 258 cm³/mol. The second kappa shape index (κ2) is 14.2. The summed E-state index contributed by atoms with van der Waals surface area (Å²) in [5.41, 5.74) is 23.7. The molecule has 0 N–H and O–H groups in total. The lowest BCUT2D eigenvalue weighted by molar-refractivity contribution is 0.660. The van der Waals surface area contributed by atoms with Crippen LogP contribution < -0.4 is 4.90 Å². The molecule has 9 aromatic rings. The smallest absolute Gasteiger partial charge is 0.0540 e. The number of hydrogen-bond acceptors (Lipinski definition) is 1. The SMILES string of the molecule is CC1(C)c2ccccc2-c2ccc(N(c3ccc(-c4ccc(-c5ccccc5)c(-c5ccccc5)c4)cc3)c3ccccc3-c3cccc4c3C(C)(C)c3ccccc3-4)cc21. The number of anilines is 3. The number of nitrogens with zero attached hydrogens (tertiary/aromatic N) is 1. The fourth-order valence-corrected chi connectivity index (χ4v) is 10.5. The van der Waals surface area contributed by atoms with Crippen molar-refractivity contribution in [2.24, 2.45) is 0 Å². The van der Waals surface area contributed by atoms with Crippen LogP contribution in [0.3, 0.4) is 0 Å². The second-order valence-electron chi connectivity index (χ2n) is 17.7. The highest BCUT2D eigenvalue weighted by molar-refractivity contribution is 5.96. The Morgan fingerprint density at radius 1 is 0.279 bits per heavy atom. The molecule has 0 heterocycles. The van der Waals surface area contributed by atoms with Gasteiger partial charge in [-0.3, -0.25) is 0 Å². The van der Waals surface area contributed by atoms with Crippen molar-refractivity contribution < 1.29 is 0 Å².